The number of hydrogen-bond acceptors (Lipinski definition) is 4. The van der Waals surface area contributed by atoms with Gasteiger partial charge in [-0.25, -0.2) is 4.79 Å². The van der Waals surface area contributed by atoms with Crippen molar-refractivity contribution >= 4 is 40.2 Å². The molecule has 1 rings (SSSR count). The summed E-state index contributed by atoms with van der Waals surface area (Å²) in [6.07, 6.45) is 0.266. The Kier molecular flexibility index (Phi) is 5.21. The summed E-state index contributed by atoms with van der Waals surface area (Å²) in [7, 11) is 1.43. The Bertz CT molecular complexity index is 547. The minimum absolute atomic E-state index is 0.257. The highest BCUT2D eigenvalue weighted by atomic mass is 127. The van der Waals surface area contributed by atoms with Crippen molar-refractivity contribution in [2.45, 2.75) is 25.8 Å². The fourth-order valence-corrected chi connectivity index (χ4v) is 1.99. The number of amides is 1. The molecule has 0 fully saturated rings. The van der Waals surface area contributed by atoms with Crippen LogP contribution >= 0.6 is 22.6 Å². The van der Waals surface area contributed by atoms with E-state index >= 15 is 0 Å². The van der Waals surface area contributed by atoms with Crippen LogP contribution in [0.4, 0.5) is 5.69 Å². The van der Waals surface area contributed by atoms with E-state index in [2.05, 4.69) is 5.32 Å². The lowest BCUT2D eigenvalue weighted by Gasteiger charge is -2.25. The SMILES string of the molecule is CC[C@](C)(NC(=O)c1cc(I)c(N)cc1OC)C(=O)O. The van der Waals surface area contributed by atoms with Crippen molar-refractivity contribution < 1.29 is 19.4 Å². The molecule has 0 aliphatic carbocycles. The Hall–Kier alpha value is -1.51. The molecule has 4 N–H and O–H groups in total. The number of nitrogens with one attached hydrogen (secondary N) is 1. The number of aliphatic carboxylic acids is 1. The monoisotopic (exact) mass is 392 g/mol. The molecule has 1 atom stereocenters. The van der Waals surface area contributed by atoms with Gasteiger partial charge in [-0.2, -0.15) is 0 Å². The predicted octanol–water partition coefficient (Wildman–Crippen LogP) is 1.87. The zero-order valence-corrected chi connectivity index (χ0v) is 13.6. The molecular formula is C13H17IN2O4. The average molecular weight is 392 g/mol. The van der Waals surface area contributed by atoms with Gasteiger partial charge in [0.2, 0.25) is 0 Å². The van der Waals surface area contributed by atoms with Crippen molar-refractivity contribution in [2.24, 2.45) is 0 Å². The van der Waals surface area contributed by atoms with Crippen molar-refractivity contribution in [3.63, 3.8) is 0 Å². The smallest absolute Gasteiger partial charge is 0.329 e. The number of anilines is 1. The summed E-state index contributed by atoms with van der Waals surface area (Å²) in [6.45, 7) is 3.15. The zero-order valence-electron chi connectivity index (χ0n) is 11.5. The molecule has 0 radical (unpaired) electrons. The number of nitrogens with two attached hydrogens (primary N) is 1. The van der Waals surface area contributed by atoms with Crippen molar-refractivity contribution in [2.75, 3.05) is 12.8 Å². The lowest BCUT2D eigenvalue weighted by Crippen LogP contribution is -2.51. The molecule has 0 aliphatic heterocycles. The Labute approximate surface area is 130 Å². The predicted molar refractivity (Wildman–Crippen MR) is 83.9 cm³/mol. The fraction of sp³-hybridized carbons (Fsp3) is 0.385. The molecule has 110 valence electrons. The van der Waals surface area contributed by atoms with Gasteiger partial charge in [0.1, 0.15) is 11.3 Å². The van der Waals surface area contributed by atoms with Gasteiger partial charge in [0.25, 0.3) is 5.91 Å². The highest BCUT2D eigenvalue weighted by molar-refractivity contribution is 14.1. The minimum atomic E-state index is -1.32. The fourth-order valence-electron chi connectivity index (χ4n) is 1.53. The molecule has 1 aromatic rings. The molecule has 0 saturated heterocycles. The first-order valence-corrected chi connectivity index (χ1v) is 7.02. The maximum absolute atomic E-state index is 12.3. The first kappa shape index (κ1) is 16.5. The van der Waals surface area contributed by atoms with E-state index in [-0.39, 0.29) is 12.0 Å². The van der Waals surface area contributed by atoms with E-state index in [1.54, 1.807) is 19.1 Å². The van der Waals surface area contributed by atoms with E-state index in [0.29, 0.717) is 15.0 Å². The third kappa shape index (κ3) is 3.33. The van der Waals surface area contributed by atoms with E-state index in [4.69, 9.17) is 10.5 Å². The van der Waals surface area contributed by atoms with E-state index in [1.807, 2.05) is 22.6 Å². The molecule has 0 spiro atoms. The van der Waals surface area contributed by atoms with Gasteiger partial charge in [-0.1, -0.05) is 6.92 Å². The summed E-state index contributed by atoms with van der Waals surface area (Å²) in [5.74, 6) is -1.28. The molecule has 6 nitrogen and oxygen atoms in total. The van der Waals surface area contributed by atoms with Crippen molar-refractivity contribution in [3.8, 4) is 5.75 Å². The molecule has 7 heteroatoms. The van der Waals surface area contributed by atoms with Crippen LogP contribution in [0.25, 0.3) is 0 Å². The largest absolute Gasteiger partial charge is 0.496 e. The van der Waals surface area contributed by atoms with E-state index < -0.39 is 17.4 Å². The molecule has 1 amide bonds. The van der Waals surface area contributed by atoms with Crippen LogP contribution < -0.4 is 15.8 Å². The number of carbonyl (C=O) groups excluding carboxylic acids is 1. The second-order valence-electron chi connectivity index (χ2n) is 4.52. The summed E-state index contributed by atoms with van der Waals surface area (Å²) in [6, 6.07) is 3.11. The van der Waals surface area contributed by atoms with Crippen molar-refractivity contribution in [1.82, 2.24) is 5.32 Å². The molecule has 0 bridgehead atoms. The lowest BCUT2D eigenvalue weighted by molar-refractivity contribution is -0.143. The number of nitrogen functional groups attached to an aromatic ring is 1. The summed E-state index contributed by atoms with van der Waals surface area (Å²) in [4.78, 5) is 23.5. The molecule has 0 heterocycles. The average Bonchev–Trinajstić information content (AvgIpc) is 2.40. The van der Waals surface area contributed by atoms with E-state index in [1.165, 1.54) is 14.0 Å². The van der Waals surface area contributed by atoms with Crippen LogP contribution in [0.2, 0.25) is 0 Å². The van der Waals surface area contributed by atoms with Crippen LogP contribution in [0.5, 0.6) is 5.75 Å². The third-order valence-electron chi connectivity index (χ3n) is 3.13. The standard InChI is InChI=1S/C13H17IN2O4/c1-4-13(2,12(18)19)16-11(17)7-5-8(14)9(15)6-10(7)20-3/h5-6H,4,15H2,1-3H3,(H,16,17)(H,18,19)/t13-/m0/s1. The number of hydrogen-bond donors (Lipinski definition) is 3. The summed E-state index contributed by atoms with van der Waals surface area (Å²) in [5.41, 5.74) is 5.18. The maximum atomic E-state index is 12.3. The van der Waals surface area contributed by atoms with Gasteiger partial charge in [0, 0.05) is 15.3 Å². The van der Waals surface area contributed by atoms with Crippen LogP contribution in [-0.4, -0.2) is 29.6 Å². The number of methoxy groups -OCH3 is 1. The molecule has 0 aliphatic rings. The van der Waals surface area contributed by atoms with Gasteiger partial charge in [-0.3, -0.25) is 4.79 Å². The molecule has 1 aromatic carbocycles. The number of carbonyl (C=O) groups is 2. The normalized spacial score (nSPS) is 13.4. The van der Waals surface area contributed by atoms with Crippen LogP contribution in [0.1, 0.15) is 30.6 Å². The van der Waals surface area contributed by atoms with Crippen molar-refractivity contribution in [1.29, 1.82) is 0 Å². The lowest BCUT2D eigenvalue weighted by atomic mass is 9.98. The second kappa shape index (κ2) is 6.29. The van der Waals surface area contributed by atoms with Gasteiger partial charge < -0.3 is 20.9 Å². The number of halogens is 1. The number of carboxylic acid groups (broad SMARTS) is 1. The topological polar surface area (TPSA) is 102 Å². The highest BCUT2D eigenvalue weighted by Crippen LogP contribution is 2.27. The van der Waals surface area contributed by atoms with Gasteiger partial charge in [-0.15, -0.1) is 0 Å². The van der Waals surface area contributed by atoms with Gasteiger partial charge in [0.15, 0.2) is 0 Å². The number of benzene rings is 1. The van der Waals surface area contributed by atoms with Crippen molar-refractivity contribution in [3.05, 3.63) is 21.3 Å². The second-order valence-corrected chi connectivity index (χ2v) is 5.68. The number of ether oxygens (including phenoxy) is 1. The molecule has 0 saturated carbocycles. The number of rotatable bonds is 5. The first-order valence-electron chi connectivity index (χ1n) is 5.94. The summed E-state index contributed by atoms with van der Waals surface area (Å²) < 4.78 is 5.82. The quantitative estimate of drug-likeness (QED) is 0.525. The number of carboxylic acids is 1. The summed E-state index contributed by atoms with van der Waals surface area (Å²) >= 11 is 2.00. The van der Waals surface area contributed by atoms with Crippen LogP contribution in [0.3, 0.4) is 0 Å². The molecular weight excluding hydrogens is 375 g/mol. The Morgan fingerprint density at radius 2 is 2.10 bits per heavy atom. The van der Waals surface area contributed by atoms with Gasteiger partial charge in [-0.05, 0) is 42.0 Å². The molecule has 0 unspecified atom stereocenters. The first-order chi connectivity index (χ1) is 9.25. The molecule has 0 aromatic heterocycles. The Morgan fingerprint density at radius 1 is 1.50 bits per heavy atom. The maximum Gasteiger partial charge on any atom is 0.329 e. The van der Waals surface area contributed by atoms with E-state index in [0.717, 1.165) is 0 Å². The zero-order chi connectivity index (χ0) is 15.5. The minimum Gasteiger partial charge on any atom is -0.496 e. The van der Waals surface area contributed by atoms with Crippen LogP contribution in [0.15, 0.2) is 12.1 Å². The highest BCUT2D eigenvalue weighted by Gasteiger charge is 2.33. The Balaban J connectivity index is 3.15. The van der Waals surface area contributed by atoms with Crippen LogP contribution in [-0.2, 0) is 4.79 Å². The third-order valence-corrected chi connectivity index (χ3v) is 4.07. The van der Waals surface area contributed by atoms with Gasteiger partial charge in [0.05, 0.1) is 12.7 Å². The Morgan fingerprint density at radius 3 is 2.55 bits per heavy atom. The van der Waals surface area contributed by atoms with E-state index in [9.17, 15) is 14.7 Å². The molecule has 20 heavy (non-hydrogen) atoms. The van der Waals surface area contributed by atoms with Crippen LogP contribution in [0, 0.1) is 3.57 Å². The van der Waals surface area contributed by atoms with Gasteiger partial charge >= 0.3 is 5.97 Å². The summed E-state index contributed by atoms with van der Waals surface area (Å²) in [5, 5.41) is 11.7.